The summed E-state index contributed by atoms with van der Waals surface area (Å²) in [6.45, 7) is 5.04. The minimum Gasteiger partial charge on any atom is -0.494 e. The number of thioether (sulfide) groups is 1. The Labute approximate surface area is 174 Å². The normalized spacial score (nSPS) is 14.2. The van der Waals surface area contributed by atoms with Gasteiger partial charge in [0.15, 0.2) is 0 Å². The topological polar surface area (TPSA) is 46.6 Å². The Balaban J connectivity index is 1.97. The lowest BCUT2D eigenvalue weighted by Crippen LogP contribution is -2.32. The van der Waals surface area contributed by atoms with Crippen LogP contribution in [0.25, 0.3) is 5.57 Å². The number of carbonyl (C=O) groups excluding carboxylic acids is 2. The molecular weight excluding hydrogens is 394 g/mol. The van der Waals surface area contributed by atoms with Crippen LogP contribution in [0.2, 0.25) is 5.02 Å². The van der Waals surface area contributed by atoms with E-state index in [4.69, 9.17) is 16.3 Å². The average molecular weight is 416 g/mol. The monoisotopic (exact) mass is 415 g/mol. The summed E-state index contributed by atoms with van der Waals surface area (Å²) in [6.07, 6.45) is 1.64. The van der Waals surface area contributed by atoms with Crippen molar-refractivity contribution in [2.75, 3.05) is 13.2 Å². The molecule has 2 amide bonds. The molecule has 0 N–H and O–H groups in total. The van der Waals surface area contributed by atoms with E-state index in [2.05, 4.69) is 0 Å². The Hall–Kier alpha value is -2.24. The Kier molecular flexibility index (Phi) is 6.81. The van der Waals surface area contributed by atoms with Gasteiger partial charge in [-0.3, -0.25) is 14.5 Å². The number of ether oxygens (including phenoxy) is 1. The molecule has 2 aromatic carbocycles. The summed E-state index contributed by atoms with van der Waals surface area (Å²) in [5.41, 5.74) is 1.16. The zero-order chi connectivity index (χ0) is 20.1. The molecule has 3 rings (SSSR count). The molecule has 0 atom stereocenters. The van der Waals surface area contributed by atoms with Gasteiger partial charge in [0.1, 0.15) is 5.75 Å². The lowest BCUT2D eigenvalue weighted by Gasteiger charge is -2.13. The fourth-order valence-electron chi connectivity index (χ4n) is 2.89. The van der Waals surface area contributed by atoms with Gasteiger partial charge in [0.05, 0.1) is 17.1 Å². The third-order valence-corrected chi connectivity index (χ3v) is 5.56. The van der Waals surface area contributed by atoms with Crippen molar-refractivity contribution in [3.63, 3.8) is 0 Å². The van der Waals surface area contributed by atoms with Gasteiger partial charge in [0, 0.05) is 16.5 Å². The SMILES string of the molecule is CCCOc1ccc(C2=C(Sc3ccc(Cl)cc3)C(=O)N(CCC)C2=O)cc1. The number of nitrogens with zero attached hydrogens (tertiary/aromatic N) is 1. The first-order chi connectivity index (χ1) is 13.5. The zero-order valence-electron chi connectivity index (χ0n) is 15.9. The highest BCUT2D eigenvalue weighted by Crippen LogP contribution is 2.40. The van der Waals surface area contributed by atoms with Crippen molar-refractivity contribution in [2.24, 2.45) is 0 Å². The first-order valence-electron chi connectivity index (χ1n) is 9.32. The molecule has 0 saturated carbocycles. The fraction of sp³-hybridized carbons (Fsp3) is 0.273. The van der Waals surface area contributed by atoms with Crippen LogP contribution in [0.1, 0.15) is 32.3 Å². The maximum Gasteiger partial charge on any atom is 0.268 e. The molecule has 0 fully saturated rings. The van der Waals surface area contributed by atoms with Gasteiger partial charge >= 0.3 is 0 Å². The van der Waals surface area contributed by atoms with Gasteiger partial charge in [-0.1, -0.05) is 49.3 Å². The Morgan fingerprint density at radius 3 is 2.21 bits per heavy atom. The molecule has 2 aromatic rings. The van der Waals surface area contributed by atoms with E-state index in [0.29, 0.717) is 35.1 Å². The summed E-state index contributed by atoms with van der Waals surface area (Å²) < 4.78 is 5.62. The zero-order valence-corrected chi connectivity index (χ0v) is 17.5. The van der Waals surface area contributed by atoms with Crippen LogP contribution in [0, 0.1) is 0 Å². The molecule has 4 nitrogen and oxygen atoms in total. The van der Waals surface area contributed by atoms with E-state index >= 15 is 0 Å². The lowest BCUT2D eigenvalue weighted by molar-refractivity contribution is -0.136. The van der Waals surface area contributed by atoms with E-state index in [0.717, 1.165) is 22.6 Å². The van der Waals surface area contributed by atoms with E-state index in [-0.39, 0.29) is 11.8 Å². The van der Waals surface area contributed by atoms with Gasteiger partial charge < -0.3 is 4.74 Å². The van der Waals surface area contributed by atoms with E-state index in [1.54, 1.807) is 12.1 Å². The second kappa shape index (κ2) is 9.30. The number of hydrogen-bond donors (Lipinski definition) is 0. The number of rotatable bonds is 8. The lowest BCUT2D eigenvalue weighted by atomic mass is 10.1. The Bertz CT molecular complexity index is 891. The van der Waals surface area contributed by atoms with Crippen molar-refractivity contribution in [3.05, 3.63) is 64.0 Å². The van der Waals surface area contributed by atoms with Crippen LogP contribution >= 0.6 is 23.4 Å². The van der Waals surface area contributed by atoms with Gasteiger partial charge in [-0.15, -0.1) is 0 Å². The van der Waals surface area contributed by atoms with Crippen LogP contribution in [0.3, 0.4) is 0 Å². The summed E-state index contributed by atoms with van der Waals surface area (Å²) in [7, 11) is 0. The molecular formula is C22H22ClNO3S. The van der Waals surface area contributed by atoms with Crippen LogP contribution in [0.15, 0.2) is 58.3 Å². The number of imide groups is 1. The molecule has 0 unspecified atom stereocenters. The predicted octanol–water partition coefficient (Wildman–Crippen LogP) is 5.41. The summed E-state index contributed by atoms with van der Waals surface area (Å²) in [5.74, 6) is 0.263. The van der Waals surface area contributed by atoms with Crippen molar-refractivity contribution >= 4 is 40.8 Å². The molecule has 0 radical (unpaired) electrons. The first-order valence-corrected chi connectivity index (χ1v) is 10.5. The molecule has 146 valence electrons. The highest BCUT2D eigenvalue weighted by Gasteiger charge is 2.38. The summed E-state index contributed by atoms with van der Waals surface area (Å²) in [4.78, 5) is 28.6. The van der Waals surface area contributed by atoms with Crippen molar-refractivity contribution < 1.29 is 14.3 Å². The van der Waals surface area contributed by atoms with Crippen LogP contribution in [0.5, 0.6) is 5.75 Å². The van der Waals surface area contributed by atoms with E-state index in [9.17, 15) is 9.59 Å². The molecule has 0 aromatic heterocycles. The van der Waals surface area contributed by atoms with Crippen molar-refractivity contribution in [1.82, 2.24) is 4.90 Å². The average Bonchev–Trinajstić information content (AvgIpc) is 2.93. The summed E-state index contributed by atoms with van der Waals surface area (Å²) in [6, 6.07) is 14.6. The van der Waals surface area contributed by atoms with Gasteiger partial charge in [0.2, 0.25) is 0 Å². The minimum absolute atomic E-state index is 0.242. The number of hydrogen-bond acceptors (Lipinski definition) is 4. The van der Waals surface area contributed by atoms with Crippen molar-refractivity contribution in [1.29, 1.82) is 0 Å². The number of amides is 2. The van der Waals surface area contributed by atoms with Crippen LogP contribution < -0.4 is 4.74 Å². The van der Waals surface area contributed by atoms with Gasteiger partial charge in [-0.25, -0.2) is 0 Å². The van der Waals surface area contributed by atoms with Crippen LogP contribution in [0.4, 0.5) is 0 Å². The standard InChI is InChI=1S/C22H22ClNO3S/c1-3-13-24-21(25)19(15-5-9-17(10-6-15)27-14-4-2)20(22(24)26)28-18-11-7-16(23)8-12-18/h5-12H,3-4,13-14H2,1-2H3. The number of benzene rings is 2. The quantitative estimate of drug-likeness (QED) is 0.541. The van der Waals surface area contributed by atoms with E-state index in [1.807, 2.05) is 50.2 Å². The highest BCUT2D eigenvalue weighted by molar-refractivity contribution is 8.04. The fourth-order valence-corrected chi connectivity index (χ4v) is 4.03. The van der Waals surface area contributed by atoms with Crippen molar-refractivity contribution in [2.45, 2.75) is 31.6 Å². The largest absolute Gasteiger partial charge is 0.494 e. The Morgan fingerprint density at radius 2 is 1.61 bits per heavy atom. The molecule has 1 aliphatic rings. The maximum absolute atomic E-state index is 13.0. The summed E-state index contributed by atoms with van der Waals surface area (Å²) >= 11 is 7.26. The predicted molar refractivity (Wildman–Crippen MR) is 113 cm³/mol. The molecule has 0 spiro atoms. The second-order valence-corrected chi connectivity index (χ2v) is 7.92. The molecule has 28 heavy (non-hydrogen) atoms. The minimum atomic E-state index is -0.245. The molecule has 1 aliphatic heterocycles. The molecule has 6 heteroatoms. The maximum atomic E-state index is 13.0. The van der Waals surface area contributed by atoms with Crippen LogP contribution in [-0.2, 0) is 9.59 Å². The second-order valence-electron chi connectivity index (χ2n) is 6.39. The van der Waals surface area contributed by atoms with Crippen molar-refractivity contribution in [3.8, 4) is 5.75 Å². The molecule has 0 aliphatic carbocycles. The third-order valence-electron chi connectivity index (χ3n) is 4.22. The van der Waals surface area contributed by atoms with Gasteiger partial charge in [0.25, 0.3) is 11.8 Å². The van der Waals surface area contributed by atoms with Crippen LogP contribution in [-0.4, -0.2) is 29.9 Å². The number of carbonyl (C=O) groups is 2. The highest BCUT2D eigenvalue weighted by atomic mass is 35.5. The third kappa shape index (κ3) is 4.42. The Morgan fingerprint density at radius 1 is 0.929 bits per heavy atom. The van der Waals surface area contributed by atoms with E-state index < -0.39 is 0 Å². The smallest absolute Gasteiger partial charge is 0.268 e. The molecule has 0 bridgehead atoms. The van der Waals surface area contributed by atoms with Gasteiger partial charge in [-0.2, -0.15) is 0 Å². The first kappa shape index (κ1) is 20.5. The molecule has 0 saturated heterocycles. The number of halogens is 1. The van der Waals surface area contributed by atoms with E-state index in [1.165, 1.54) is 16.7 Å². The van der Waals surface area contributed by atoms with Gasteiger partial charge in [-0.05, 0) is 54.8 Å². The summed E-state index contributed by atoms with van der Waals surface area (Å²) in [5, 5.41) is 0.627. The molecule has 1 heterocycles.